The van der Waals surface area contributed by atoms with Crippen molar-refractivity contribution in [3.05, 3.63) is 0 Å². The molecule has 0 amide bonds. The van der Waals surface area contributed by atoms with Gasteiger partial charge in [-0.3, -0.25) is 4.90 Å². The predicted octanol–water partition coefficient (Wildman–Crippen LogP) is 2.90. The average molecular weight is 282 g/mol. The largest absolute Gasteiger partial charge is 0.376 e. The average Bonchev–Trinajstić information content (AvgIpc) is 2.37. The minimum absolute atomic E-state index is 0.405. The summed E-state index contributed by atoms with van der Waals surface area (Å²) in [7, 11) is 0. The molecule has 1 aliphatic carbocycles. The summed E-state index contributed by atoms with van der Waals surface area (Å²) in [5.74, 6) is 0.801. The summed E-state index contributed by atoms with van der Waals surface area (Å²) in [5, 5.41) is 3.80. The maximum Gasteiger partial charge on any atom is 0.0674 e. The summed E-state index contributed by atoms with van der Waals surface area (Å²) in [6.45, 7) is 14.9. The van der Waals surface area contributed by atoms with Crippen LogP contribution in [0.4, 0.5) is 0 Å². The number of nitrogens with one attached hydrogen (secondary N) is 1. The van der Waals surface area contributed by atoms with Crippen LogP contribution in [0.2, 0.25) is 0 Å². The van der Waals surface area contributed by atoms with Crippen LogP contribution in [0, 0.1) is 11.3 Å². The van der Waals surface area contributed by atoms with Crippen LogP contribution in [0.25, 0.3) is 0 Å². The zero-order chi connectivity index (χ0) is 14.6. The maximum absolute atomic E-state index is 5.67. The molecule has 3 unspecified atom stereocenters. The number of rotatable bonds is 5. The smallest absolute Gasteiger partial charge is 0.0674 e. The van der Waals surface area contributed by atoms with Crippen LogP contribution in [-0.2, 0) is 4.74 Å². The highest BCUT2D eigenvalue weighted by atomic mass is 16.5. The lowest BCUT2D eigenvalue weighted by Crippen LogP contribution is -2.50. The minimum atomic E-state index is 0.405. The van der Waals surface area contributed by atoms with E-state index in [0.717, 1.165) is 31.7 Å². The van der Waals surface area contributed by atoms with Gasteiger partial charge in [0.1, 0.15) is 0 Å². The van der Waals surface area contributed by atoms with Gasteiger partial charge in [-0.2, -0.15) is 0 Å². The third kappa shape index (κ3) is 4.71. The lowest BCUT2D eigenvalue weighted by atomic mass is 9.69. The second-order valence-corrected chi connectivity index (χ2v) is 7.67. The summed E-state index contributed by atoms with van der Waals surface area (Å²) >= 11 is 0. The van der Waals surface area contributed by atoms with E-state index >= 15 is 0 Å². The Kier molecular flexibility index (Phi) is 5.88. The van der Waals surface area contributed by atoms with Gasteiger partial charge in [0.05, 0.1) is 12.7 Å². The number of hydrogen-bond donors (Lipinski definition) is 1. The molecule has 0 aromatic rings. The Balaban J connectivity index is 1.91. The molecule has 2 fully saturated rings. The van der Waals surface area contributed by atoms with Crippen molar-refractivity contribution in [2.75, 3.05) is 32.8 Å². The summed E-state index contributed by atoms with van der Waals surface area (Å²) in [5.41, 5.74) is 0.521. The fourth-order valence-corrected chi connectivity index (χ4v) is 3.91. The van der Waals surface area contributed by atoms with Crippen LogP contribution >= 0.6 is 0 Å². The molecule has 0 spiro atoms. The summed E-state index contributed by atoms with van der Waals surface area (Å²) < 4.78 is 5.67. The Hall–Kier alpha value is -0.120. The van der Waals surface area contributed by atoms with Gasteiger partial charge in [0, 0.05) is 25.7 Å². The van der Waals surface area contributed by atoms with Crippen molar-refractivity contribution in [3.8, 4) is 0 Å². The van der Waals surface area contributed by atoms with E-state index in [0.29, 0.717) is 11.5 Å². The molecule has 1 N–H and O–H groups in total. The zero-order valence-electron chi connectivity index (χ0n) is 14.0. The Morgan fingerprint density at radius 1 is 1.35 bits per heavy atom. The van der Waals surface area contributed by atoms with Gasteiger partial charge in [-0.05, 0) is 50.5 Å². The monoisotopic (exact) mass is 282 g/mol. The fraction of sp³-hybridized carbons (Fsp3) is 1.00. The van der Waals surface area contributed by atoms with Gasteiger partial charge in [0.25, 0.3) is 0 Å². The molecule has 1 saturated heterocycles. The highest BCUT2D eigenvalue weighted by Gasteiger charge is 2.35. The molecular formula is C17H34N2O. The molecule has 0 aromatic carbocycles. The number of ether oxygens (including phenoxy) is 1. The Morgan fingerprint density at radius 3 is 2.85 bits per heavy atom. The first-order valence-corrected chi connectivity index (χ1v) is 8.57. The van der Waals surface area contributed by atoms with Gasteiger partial charge >= 0.3 is 0 Å². The molecule has 20 heavy (non-hydrogen) atoms. The van der Waals surface area contributed by atoms with Gasteiger partial charge in [-0.1, -0.05) is 20.8 Å². The van der Waals surface area contributed by atoms with Crippen molar-refractivity contribution < 1.29 is 4.74 Å². The number of morpholine rings is 1. The molecule has 1 saturated carbocycles. The molecular weight excluding hydrogens is 248 g/mol. The lowest BCUT2D eigenvalue weighted by molar-refractivity contribution is -0.0303. The summed E-state index contributed by atoms with van der Waals surface area (Å²) in [6.07, 6.45) is 5.71. The molecule has 2 rings (SSSR count). The second-order valence-electron chi connectivity index (χ2n) is 7.67. The second kappa shape index (κ2) is 7.24. The summed E-state index contributed by atoms with van der Waals surface area (Å²) in [6, 6.07) is 0.723. The third-order valence-corrected chi connectivity index (χ3v) is 4.99. The molecule has 3 heteroatoms. The Labute approximate surface area is 125 Å². The zero-order valence-corrected chi connectivity index (χ0v) is 14.0. The number of nitrogens with zero attached hydrogens (tertiary/aromatic N) is 1. The standard InChI is InChI=1S/C17H34N2O/c1-5-8-18-16-6-7-17(3,4)11-15(16)13-19-9-10-20-14(2)12-19/h14-16,18H,5-13H2,1-4H3. The predicted molar refractivity (Wildman–Crippen MR) is 85.1 cm³/mol. The van der Waals surface area contributed by atoms with Gasteiger partial charge in [0.2, 0.25) is 0 Å². The summed E-state index contributed by atoms with van der Waals surface area (Å²) in [4.78, 5) is 2.63. The van der Waals surface area contributed by atoms with Crippen molar-refractivity contribution >= 4 is 0 Å². The molecule has 118 valence electrons. The van der Waals surface area contributed by atoms with Crippen LogP contribution in [0.15, 0.2) is 0 Å². The van der Waals surface area contributed by atoms with E-state index in [1.165, 1.54) is 38.8 Å². The van der Waals surface area contributed by atoms with Crippen LogP contribution in [-0.4, -0.2) is 49.8 Å². The molecule has 0 aromatic heterocycles. The topological polar surface area (TPSA) is 24.5 Å². The van der Waals surface area contributed by atoms with Gasteiger partial charge < -0.3 is 10.1 Å². The van der Waals surface area contributed by atoms with Crippen molar-refractivity contribution in [2.24, 2.45) is 11.3 Å². The van der Waals surface area contributed by atoms with Crippen LogP contribution in [0.5, 0.6) is 0 Å². The highest BCUT2D eigenvalue weighted by molar-refractivity contribution is 4.90. The number of hydrogen-bond acceptors (Lipinski definition) is 3. The van der Waals surface area contributed by atoms with Crippen LogP contribution in [0.3, 0.4) is 0 Å². The Morgan fingerprint density at radius 2 is 2.15 bits per heavy atom. The molecule has 0 radical (unpaired) electrons. The fourth-order valence-electron chi connectivity index (χ4n) is 3.91. The molecule has 3 nitrogen and oxygen atoms in total. The third-order valence-electron chi connectivity index (χ3n) is 4.99. The van der Waals surface area contributed by atoms with E-state index < -0.39 is 0 Å². The SMILES string of the molecule is CCCNC1CCC(C)(C)CC1CN1CCOC(C)C1. The van der Waals surface area contributed by atoms with Gasteiger partial charge in [0.15, 0.2) is 0 Å². The molecule has 1 heterocycles. The van der Waals surface area contributed by atoms with E-state index in [-0.39, 0.29) is 0 Å². The van der Waals surface area contributed by atoms with E-state index in [9.17, 15) is 0 Å². The Bertz CT molecular complexity index is 293. The minimum Gasteiger partial charge on any atom is -0.376 e. The molecule has 3 atom stereocenters. The van der Waals surface area contributed by atoms with Gasteiger partial charge in [-0.15, -0.1) is 0 Å². The molecule has 1 aliphatic heterocycles. The van der Waals surface area contributed by atoms with Crippen LogP contribution < -0.4 is 5.32 Å². The van der Waals surface area contributed by atoms with Crippen molar-refractivity contribution in [1.29, 1.82) is 0 Å². The van der Waals surface area contributed by atoms with Crippen molar-refractivity contribution in [1.82, 2.24) is 10.2 Å². The van der Waals surface area contributed by atoms with Gasteiger partial charge in [-0.25, -0.2) is 0 Å². The highest BCUT2D eigenvalue weighted by Crippen LogP contribution is 2.39. The maximum atomic E-state index is 5.67. The first-order valence-electron chi connectivity index (χ1n) is 8.57. The van der Waals surface area contributed by atoms with Crippen molar-refractivity contribution in [3.63, 3.8) is 0 Å². The van der Waals surface area contributed by atoms with Crippen LogP contribution in [0.1, 0.15) is 53.4 Å². The lowest BCUT2D eigenvalue weighted by Gasteiger charge is -2.44. The first-order chi connectivity index (χ1) is 9.50. The van der Waals surface area contributed by atoms with E-state index in [4.69, 9.17) is 4.74 Å². The van der Waals surface area contributed by atoms with E-state index in [1.807, 2.05) is 0 Å². The molecule has 0 bridgehead atoms. The molecule has 2 aliphatic rings. The normalized spacial score (nSPS) is 35.1. The first kappa shape index (κ1) is 16.3. The quantitative estimate of drug-likeness (QED) is 0.839. The van der Waals surface area contributed by atoms with E-state index in [1.54, 1.807) is 0 Å². The van der Waals surface area contributed by atoms with E-state index in [2.05, 4.69) is 37.9 Å². The van der Waals surface area contributed by atoms with Crippen molar-refractivity contribution in [2.45, 2.75) is 65.5 Å².